The fraction of sp³-hybridized carbons (Fsp3) is 0.364. The number of rotatable bonds is 0. The zero-order chi connectivity index (χ0) is 10.8. The van der Waals surface area contributed by atoms with Crippen LogP contribution in [0.2, 0.25) is 0 Å². The van der Waals surface area contributed by atoms with Crippen LogP contribution in [0.3, 0.4) is 0 Å². The van der Waals surface area contributed by atoms with Crippen LogP contribution in [0, 0.1) is 5.92 Å². The highest BCUT2D eigenvalue weighted by Crippen LogP contribution is 2.33. The molecule has 2 aliphatic heterocycles. The smallest absolute Gasteiger partial charge is 0.137 e. The third kappa shape index (κ3) is 2.79. The second-order valence-electron chi connectivity index (χ2n) is 3.73. The molecule has 0 saturated heterocycles. The summed E-state index contributed by atoms with van der Waals surface area (Å²) in [5.74, 6) is 0.161. The molecule has 0 radical (unpaired) electrons. The summed E-state index contributed by atoms with van der Waals surface area (Å²) in [4.78, 5) is 4.30. The van der Waals surface area contributed by atoms with E-state index in [0.717, 1.165) is 12.8 Å². The molecule has 0 N–H and O–H groups in total. The van der Waals surface area contributed by atoms with E-state index in [9.17, 15) is 4.39 Å². The molecule has 15 heavy (non-hydrogen) atoms. The van der Waals surface area contributed by atoms with Crippen LogP contribution < -0.4 is 0 Å². The Labute approximate surface area is 102 Å². The molecule has 0 aromatic carbocycles. The SMILES string of the molecule is FC1=C(Br)C=CC(Cl)=NC2CC(C=C1)C2. The molecule has 1 aliphatic carbocycles. The molecule has 1 fully saturated rings. The summed E-state index contributed by atoms with van der Waals surface area (Å²) in [5.41, 5.74) is 0. The van der Waals surface area contributed by atoms with Crippen LogP contribution in [0.25, 0.3) is 0 Å². The number of halogens is 3. The summed E-state index contributed by atoms with van der Waals surface area (Å²) >= 11 is 9.02. The maximum absolute atomic E-state index is 13.4. The minimum atomic E-state index is -0.277. The van der Waals surface area contributed by atoms with E-state index in [0.29, 0.717) is 21.6 Å². The fourth-order valence-electron chi connectivity index (χ4n) is 1.63. The van der Waals surface area contributed by atoms with Crippen LogP contribution in [0.5, 0.6) is 0 Å². The average molecular weight is 291 g/mol. The van der Waals surface area contributed by atoms with Gasteiger partial charge in [-0.05, 0) is 52.9 Å². The molecule has 3 rings (SSSR count). The highest BCUT2D eigenvalue weighted by atomic mass is 79.9. The van der Waals surface area contributed by atoms with Crippen LogP contribution >= 0.6 is 27.5 Å². The molecular formula is C11H10BrClFN. The predicted octanol–water partition coefficient (Wildman–Crippen LogP) is 4.10. The molecule has 2 heterocycles. The van der Waals surface area contributed by atoms with Gasteiger partial charge in [-0.25, -0.2) is 4.39 Å². The fourth-order valence-corrected chi connectivity index (χ4v) is 2.10. The van der Waals surface area contributed by atoms with Crippen molar-refractivity contribution in [1.29, 1.82) is 0 Å². The van der Waals surface area contributed by atoms with Gasteiger partial charge >= 0.3 is 0 Å². The van der Waals surface area contributed by atoms with Gasteiger partial charge in [-0.2, -0.15) is 0 Å². The lowest BCUT2D eigenvalue weighted by Gasteiger charge is -2.30. The van der Waals surface area contributed by atoms with Crippen molar-refractivity contribution in [2.24, 2.45) is 10.9 Å². The zero-order valence-electron chi connectivity index (χ0n) is 7.96. The van der Waals surface area contributed by atoms with Crippen molar-refractivity contribution < 1.29 is 4.39 Å². The second-order valence-corrected chi connectivity index (χ2v) is 4.97. The number of fused-ring (bicyclic) bond motifs is 3. The van der Waals surface area contributed by atoms with E-state index in [1.54, 1.807) is 12.2 Å². The van der Waals surface area contributed by atoms with Crippen molar-refractivity contribution in [3.8, 4) is 0 Å². The first-order valence-electron chi connectivity index (χ1n) is 4.80. The lowest BCUT2D eigenvalue weighted by Crippen LogP contribution is -2.26. The van der Waals surface area contributed by atoms with E-state index in [4.69, 9.17) is 11.6 Å². The van der Waals surface area contributed by atoms with Crippen molar-refractivity contribution in [3.05, 3.63) is 34.6 Å². The Morgan fingerprint density at radius 2 is 2.07 bits per heavy atom. The van der Waals surface area contributed by atoms with E-state index < -0.39 is 0 Å². The Hall–Kier alpha value is -0.410. The van der Waals surface area contributed by atoms with Gasteiger partial charge in [-0.1, -0.05) is 17.7 Å². The van der Waals surface area contributed by atoms with Crippen molar-refractivity contribution in [3.63, 3.8) is 0 Å². The molecule has 1 saturated carbocycles. The Bertz CT molecular complexity index is 378. The lowest BCUT2D eigenvalue weighted by molar-refractivity contribution is 0.326. The van der Waals surface area contributed by atoms with Crippen LogP contribution in [0.15, 0.2) is 39.6 Å². The van der Waals surface area contributed by atoms with Gasteiger partial charge in [0.25, 0.3) is 0 Å². The first kappa shape index (κ1) is 11.1. The highest BCUT2D eigenvalue weighted by molar-refractivity contribution is 9.11. The maximum Gasteiger partial charge on any atom is 0.137 e. The Kier molecular flexibility index (Phi) is 3.42. The van der Waals surface area contributed by atoms with Gasteiger partial charge < -0.3 is 0 Å². The van der Waals surface area contributed by atoms with Crippen LogP contribution in [0.4, 0.5) is 4.39 Å². The van der Waals surface area contributed by atoms with E-state index >= 15 is 0 Å². The summed E-state index contributed by atoms with van der Waals surface area (Å²) < 4.78 is 13.8. The number of allylic oxidation sites excluding steroid dienone is 6. The van der Waals surface area contributed by atoms with Crippen LogP contribution in [0.1, 0.15) is 12.8 Å². The quantitative estimate of drug-likeness (QED) is 0.637. The van der Waals surface area contributed by atoms with Crippen molar-refractivity contribution in [1.82, 2.24) is 0 Å². The molecule has 0 amide bonds. The monoisotopic (exact) mass is 289 g/mol. The Morgan fingerprint density at radius 3 is 2.80 bits per heavy atom. The minimum absolute atomic E-state index is 0.277. The number of hydrogen-bond donors (Lipinski definition) is 0. The molecule has 1 nitrogen and oxygen atoms in total. The zero-order valence-corrected chi connectivity index (χ0v) is 10.3. The molecule has 2 bridgehead atoms. The first-order valence-corrected chi connectivity index (χ1v) is 5.97. The Morgan fingerprint density at radius 1 is 1.33 bits per heavy atom. The third-order valence-electron chi connectivity index (χ3n) is 2.57. The van der Waals surface area contributed by atoms with Gasteiger partial charge in [0.05, 0.1) is 10.5 Å². The van der Waals surface area contributed by atoms with E-state index in [-0.39, 0.29) is 5.83 Å². The molecule has 0 aromatic rings. The van der Waals surface area contributed by atoms with Crippen LogP contribution in [-0.4, -0.2) is 11.2 Å². The van der Waals surface area contributed by atoms with E-state index in [1.807, 2.05) is 6.08 Å². The van der Waals surface area contributed by atoms with E-state index in [2.05, 4.69) is 20.9 Å². The molecule has 0 aromatic heterocycles. The summed E-state index contributed by atoms with van der Waals surface area (Å²) in [6.45, 7) is 0. The summed E-state index contributed by atoms with van der Waals surface area (Å²) in [7, 11) is 0. The molecular weight excluding hydrogens is 280 g/mol. The van der Waals surface area contributed by atoms with Gasteiger partial charge in [-0.15, -0.1) is 0 Å². The average Bonchev–Trinajstić information content (AvgIpc) is 2.18. The van der Waals surface area contributed by atoms with Gasteiger partial charge in [0, 0.05) is 0 Å². The number of aliphatic imine (C=N–C) groups is 1. The standard InChI is InChI=1S/C11H10BrClFN/c12-9-2-4-11(13)15-8-5-7(6-8)1-3-10(9)14/h1-4,7-8H,5-6H2. The summed E-state index contributed by atoms with van der Waals surface area (Å²) in [6, 6.07) is 0.303. The van der Waals surface area contributed by atoms with Crippen molar-refractivity contribution in [2.45, 2.75) is 18.9 Å². The minimum Gasteiger partial charge on any atom is -0.270 e. The highest BCUT2D eigenvalue weighted by Gasteiger charge is 2.26. The second kappa shape index (κ2) is 4.62. The largest absolute Gasteiger partial charge is 0.270 e. The third-order valence-corrected chi connectivity index (χ3v) is 3.43. The van der Waals surface area contributed by atoms with E-state index in [1.165, 1.54) is 6.08 Å². The van der Waals surface area contributed by atoms with Gasteiger partial charge in [0.2, 0.25) is 0 Å². The molecule has 0 atom stereocenters. The van der Waals surface area contributed by atoms with Crippen molar-refractivity contribution >= 4 is 32.7 Å². The van der Waals surface area contributed by atoms with Gasteiger partial charge in [0.1, 0.15) is 11.0 Å². The van der Waals surface area contributed by atoms with Gasteiger partial charge in [-0.3, -0.25) is 4.99 Å². The molecule has 80 valence electrons. The topological polar surface area (TPSA) is 12.4 Å². The number of hydrogen-bond acceptors (Lipinski definition) is 1. The molecule has 4 heteroatoms. The maximum atomic E-state index is 13.4. The summed E-state index contributed by atoms with van der Waals surface area (Å²) in [6.07, 6.45) is 8.52. The van der Waals surface area contributed by atoms with Gasteiger partial charge in [0.15, 0.2) is 0 Å². The number of nitrogens with zero attached hydrogens (tertiary/aromatic N) is 1. The predicted molar refractivity (Wildman–Crippen MR) is 65.1 cm³/mol. The molecule has 0 spiro atoms. The summed E-state index contributed by atoms with van der Waals surface area (Å²) in [5, 5.41) is 0.435. The van der Waals surface area contributed by atoms with Crippen LogP contribution in [-0.2, 0) is 0 Å². The molecule has 0 unspecified atom stereocenters. The first-order chi connectivity index (χ1) is 7.15. The molecule has 3 aliphatic rings. The Balaban J connectivity index is 2.28. The normalized spacial score (nSPS) is 30.7. The lowest BCUT2D eigenvalue weighted by atomic mass is 9.80. The van der Waals surface area contributed by atoms with Crippen molar-refractivity contribution in [2.75, 3.05) is 0 Å².